The molecule has 4 N–H and O–H groups in total. The zero-order valence-corrected chi connectivity index (χ0v) is 17.3. The van der Waals surface area contributed by atoms with E-state index in [1.54, 1.807) is 12.1 Å². The fourth-order valence-electron chi connectivity index (χ4n) is 2.18. The lowest BCUT2D eigenvalue weighted by molar-refractivity contribution is -0.117. The Hall–Kier alpha value is -2.79. The number of carbonyl (C=O) groups excluding carboxylic acids is 1. The number of amides is 2. The number of nitrogens with one attached hydrogen (secondary N) is 3. The van der Waals surface area contributed by atoms with Gasteiger partial charge >= 0.3 is 6.09 Å². The highest BCUT2D eigenvalue weighted by atomic mass is 79.9. The largest absolute Gasteiger partial charge is 0.495 e. The summed E-state index contributed by atoms with van der Waals surface area (Å²) in [6, 6.07) is 9.42. The molecular formula is C17H18BrN3O6S. The van der Waals surface area contributed by atoms with Crippen molar-refractivity contribution in [3.05, 3.63) is 46.9 Å². The van der Waals surface area contributed by atoms with Crippen molar-refractivity contribution < 1.29 is 27.9 Å². The molecule has 0 aliphatic rings. The van der Waals surface area contributed by atoms with Crippen molar-refractivity contribution in [2.75, 3.05) is 17.1 Å². The molecule has 0 aromatic heterocycles. The van der Waals surface area contributed by atoms with Crippen molar-refractivity contribution in [3.63, 3.8) is 0 Å². The van der Waals surface area contributed by atoms with Crippen LogP contribution in [0.5, 0.6) is 5.75 Å². The maximum absolute atomic E-state index is 12.6. The van der Waals surface area contributed by atoms with E-state index in [9.17, 15) is 18.0 Å². The van der Waals surface area contributed by atoms with Crippen LogP contribution in [0, 0.1) is 0 Å². The highest BCUT2D eigenvalue weighted by Crippen LogP contribution is 2.30. The first-order valence-electron chi connectivity index (χ1n) is 7.89. The van der Waals surface area contributed by atoms with Gasteiger partial charge in [0.15, 0.2) is 0 Å². The van der Waals surface area contributed by atoms with Gasteiger partial charge in [-0.05, 0) is 49.4 Å². The number of halogens is 1. The molecule has 0 aliphatic carbocycles. The molecule has 150 valence electrons. The summed E-state index contributed by atoms with van der Waals surface area (Å²) < 4.78 is 33.5. The molecule has 0 heterocycles. The maximum atomic E-state index is 12.6. The van der Waals surface area contributed by atoms with Crippen LogP contribution in [0.4, 0.5) is 16.2 Å². The first-order chi connectivity index (χ1) is 13.1. The van der Waals surface area contributed by atoms with Gasteiger partial charge in [-0.25, -0.2) is 13.2 Å². The number of carboxylic acid groups (broad SMARTS) is 1. The third kappa shape index (κ3) is 5.60. The highest BCUT2D eigenvalue weighted by molar-refractivity contribution is 9.10. The molecule has 2 aromatic rings. The molecule has 28 heavy (non-hydrogen) atoms. The minimum atomic E-state index is -3.89. The van der Waals surface area contributed by atoms with Crippen molar-refractivity contribution in [3.8, 4) is 5.75 Å². The van der Waals surface area contributed by atoms with E-state index in [0.29, 0.717) is 0 Å². The Morgan fingerprint density at radius 3 is 2.36 bits per heavy atom. The number of rotatable bonds is 7. The van der Waals surface area contributed by atoms with Gasteiger partial charge in [0.25, 0.3) is 10.0 Å². The van der Waals surface area contributed by atoms with Gasteiger partial charge in [0, 0.05) is 10.2 Å². The SMILES string of the molecule is COc1ccc(NC(=O)[C@@H](C)NC(=O)O)cc1NS(=O)(=O)c1ccc(Br)cc1. The monoisotopic (exact) mass is 471 g/mol. The van der Waals surface area contributed by atoms with E-state index < -0.39 is 28.1 Å². The lowest BCUT2D eigenvalue weighted by Crippen LogP contribution is -2.40. The van der Waals surface area contributed by atoms with Gasteiger partial charge < -0.3 is 20.5 Å². The molecule has 2 aromatic carbocycles. The Labute approximate surface area is 170 Å². The van der Waals surface area contributed by atoms with Crippen LogP contribution in [0.25, 0.3) is 0 Å². The molecule has 2 rings (SSSR count). The van der Waals surface area contributed by atoms with Gasteiger partial charge in [-0.1, -0.05) is 15.9 Å². The van der Waals surface area contributed by atoms with Crippen molar-refractivity contribution in [2.45, 2.75) is 17.9 Å². The zero-order chi connectivity index (χ0) is 20.9. The number of methoxy groups -OCH3 is 1. The van der Waals surface area contributed by atoms with E-state index in [4.69, 9.17) is 9.84 Å². The Balaban J connectivity index is 2.26. The van der Waals surface area contributed by atoms with Crippen LogP contribution in [0.1, 0.15) is 6.92 Å². The van der Waals surface area contributed by atoms with Crippen LogP contribution in [0.3, 0.4) is 0 Å². The Kier molecular flexibility index (Phi) is 6.86. The topological polar surface area (TPSA) is 134 Å². The number of hydrogen-bond acceptors (Lipinski definition) is 5. The van der Waals surface area contributed by atoms with Crippen LogP contribution in [0.2, 0.25) is 0 Å². The Morgan fingerprint density at radius 2 is 1.79 bits per heavy atom. The highest BCUT2D eigenvalue weighted by Gasteiger charge is 2.19. The molecule has 11 heteroatoms. The molecular weight excluding hydrogens is 454 g/mol. The molecule has 0 unspecified atom stereocenters. The van der Waals surface area contributed by atoms with Gasteiger partial charge in [-0.2, -0.15) is 0 Å². The second-order valence-electron chi connectivity index (χ2n) is 5.63. The summed E-state index contributed by atoms with van der Waals surface area (Å²) in [5, 5.41) is 13.2. The van der Waals surface area contributed by atoms with E-state index in [1.165, 1.54) is 44.4 Å². The van der Waals surface area contributed by atoms with Crippen molar-refractivity contribution in [1.82, 2.24) is 5.32 Å². The number of hydrogen-bond donors (Lipinski definition) is 4. The van der Waals surface area contributed by atoms with Crippen LogP contribution >= 0.6 is 15.9 Å². The van der Waals surface area contributed by atoms with Gasteiger partial charge in [-0.3, -0.25) is 9.52 Å². The summed E-state index contributed by atoms with van der Waals surface area (Å²) in [5.74, 6) is -0.357. The number of benzene rings is 2. The number of carbonyl (C=O) groups is 2. The first kappa shape index (κ1) is 21.5. The predicted molar refractivity (Wildman–Crippen MR) is 107 cm³/mol. The molecule has 0 saturated carbocycles. The average Bonchev–Trinajstić information content (AvgIpc) is 2.61. The number of anilines is 2. The van der Waals surface area contributed by atoms with E-state index in [1.807, 2.05) is 5.32 Å². The first-order valence-corrected chi connectivity index (χ1v) is 10.2. The fourth-order valence-corrected chi connectivity index (χ4v) is 3.51. The van der Waals surface area contributed by atoms with Crippen LogP contribution < -0.4 is 20.1 Å². The summed E-state index contributed by atoms with van der Waals surface area (Å²) in [7, 11) is -2.51. The third-order valence-electron chi connectivity index (χ3n) is 3.57. The molecule has 0 bridgehead atoms. The summed E-state index contributed by atoms with van der Waals surface area (Å²) in [6.07, 6.45) is -1.33. The molecule has 0 radical (unpaired) electrons. The second kappa shape index (κ2) is 8.93. The van der Waals surface area contributed by atoms with Crippen LogP contribution in [-0.4, -0.2) is 38.7 Å². The molecule has 0 spiro atoms. The van der Waals surface area contributed by atoms with Crippen molar-refractivity contribution in [1.29, 1.82) is 0 Å². The Morgan fingerprint density at radius 1 is 1.14 bits per heavy atom. The minimum Gasteiger partial charge on any atom is -0.495 e. The molecule has 2 amide bonds. The summed E-state index contributed by atoms with van der Waals surface area (Å²) in [4.78, 5) is 22.7. The summed E-state index contributed by atoms with van der Waals surface area (Å²) in [5.41, 5.74) is 0.375. The van der Waals surface area contributed by atoms with Gasteiger partial charge in [-0.15, -0.1) is 0 Å². The zero-order valence-electron chi connectivity index (χ0n) is 14.9. The predicted octanol–water partition coefficient (Wildman–Crippen LogP) is 2.85. The molecule has 1 atom stereocenters. The maximum Gasteiger partial charge on any atom is 0.405 e. The quantitative estimate of drug-likeness (QED) is 0.490. The van der Waals surface area contributed by atoms with Crippen LogP contribution in [-0.2, 0) is 14.8 Å². The number of ether oxygens (including phenoxy) is 1. The van der Waals surface area contributed by atoms with Gasteiger partial charge in [0.1, 0.15) is 11.8 Å². The van der Waals surface area contributed by atoms with E-state index in [2.05, 4.69) is 26.0 Å². The average molecular weight is 472 g/mol. The lowest BCUT2D eigenvalue weighted by atomic mass is 10.2. The smallest absolute Gasteiger partial charge is 0.405 e. The van der Waals surface area contributed by atoms with Gasteiger partial charge in [0.2, 0.25) is 5.91 Å². The van der Waals surface area contributed by atoms with Gasteiger partial charge in [0.05, 0.1) is 17.7 Å². The number of sulfonamides is 1. The van der Waals surface area contributed by atoms with E-state index in [0.717, 1.165) is 4.47 Å². The minimum absolute atomic E-state index is 0.0477. The van der Waals surface area contributed by atoms with Crippen molar-refractivity contribution in [2.24, 2.45) is 0 Å². The molecule has 0 fully saturated rings. The standard InChI is InChI=1S/C17H18BrN3O6S/c1-10(19-17(23)24)16(22)20-12-5-8-15(27-2)14(9-12)21-28(25,26)13-6-3-11(18)4-7-13/h3-10,19,21H,1-2H3,(H,20,22)(H,23,24)/t10-/m1/s1. The van der Waals surface area contributed by atoms with E-state index >= 15 is 0 Å². The molecule has 9 nitrogen and oxygen atoms in total. The fraction of sp³-hybridized carbons (Fsp3) is 0.176. The van der Waals surface area contributed by atoms with Crippen molar-refractivity contribution >= 4 is 49.3 Å². The summed E-state index contributed by atoms with van der Waals surface area (Å²) >= 11 is 3.24. The normalized spacial score (nSPS) is 12.0. The second-order valence-corrected chi connectivity index (χ2v) is 8.23. The third-order valence-corrected chi connectivity index (χ3v) is 5.48. The molecule has 0 aliphatic heterocycles. The lowest BCUT2D eigenvalue weighted by Gasteiger charge is -2.15. The van der Waals surface area contributed by atoms with Crippen LogP contribution in [0.15, 0.2) is 51.8 Å². The summed E-state index contributed by atoms with van der Waals surface area (Å²) in [6.45, 7) is 1.38. The van der Waals surface area contributed by atoms with E-state index in [-0.39, 0.29) is 22.0 Å². The Bertz CT molecular complexity index is 979. The molecule has 0 saturated heterocycles.